The maximum absolute atomic E-state index is 13.4. The number of nitrogens with zero attached hydrogens (tertiary/aromatic N) is 3. The van der Waals surface area contributed by atoms with Crippen LogP contribution < -0.4 is 0 Å². The highest BCUT2D eigenvalue weighted by molar-refractivity contribution is 5.76. The monoisotopic (exact) mass is 944 g/mol. The number of carbonyl (C=O) groups is 2. The van der Waals surface area contributed by atoms with E-state index in [0.717, 1.165) is 58.4 Å². The molecule has 1 N–H and O–H groups in total. The maximum atomic E-state index is 13.4. The fourth-order valence-corrected chi connectivity index (χ4v) is 10.5. The third-order valence-electron chi connectivity index (χ3n) is 15.4. The second-order valence-corrected chi connectivity index (χ2v) is 21.9. The predicted octanol–water partition coefficient (Wildman–Crippen LogP) is 17.8. The highest BCUT2D eigenvalue weighted by atomic mass is 16.3. The molecule has 0 unspecified atom stereocenters. The Morgan fingerprint density at radius 2 is 0.567 bits per heavy atom. The van der Waals surface area contributed by atoms with E-state index in [0.29, 0.717) is 30.3 Å². The van der Waals surface area contributed by atoms with Gasteiger partial charge >= 0.3 is 0 Å². The molecule has 398 valence electrons. The van der Waals surface area contributed by atoms with Crippen molar-refractivity contribution in [1.82, 2.24) is 14.7 Å². The molecular weight excluding hydrogens is 823 g/mol. The van der Waals surface area contributed by atoms with Crippen LogP contribution in [0.2, 0.25) is 0 Å². The van der Waals surface area contributed by atoms with Crippen LogP contribution in [0.15, 0.2) is 0 Å². The van der Waals surface area contributed by atoms with Gasteiger partial charge in [-0.05, 0) is 82.7 Å². The second-order valence-electron chi connectivity index (χ2n) is 21.9. The van der Waals surface area contributed by atoms with E-state index in [-0.39, 0.29) is 0 Å². The summed E-state index contributed by atoms with van der Waals surface area (Å²) < 4.78 is 0. The number of amides is 2. The topological polar surface area (TPSA) is 64.1 Å². The van der Waals surface area contributed by atoms with E-state index < -0.39 is 0 Å². The maximum Gasteiger partial charge on any atom is 0.222 e. The number of rotatable bonds is 55. The largest absolute Gasteiger partial charge is 0.396 e. The molecule has 1 fully saturated rings. The first kappa shape index (κ1) is 63.9. The van der Waals surface area contributed by atoms with Crippen LogP contribution in [0.5, 0.6) is 0 Å². The van der Waals surface area contributed by atoms with Crippen LogP contribution in [0.3, 0.4) is 0 Å². The van der Waals surface area contributed by atoms with Gasteiger partial charge < -0.3 is 19.8 Å². The summed E-state index contributed by atoms with van der Waals surface area (Å²) in [6.07, 6.45) is 56.8. The summed E-state index contributed by atoms with van der Waals surface area (Å²) in [5.74, 6) is 2.03. The molecule has 0 bridgehead atoms. The van der Waals surface area contributed by atoms with Gasteiger partial charge in [0.1, 0.15) is 0 Å². The molecule has 0 aromatic rings. The van der Waals surface area contributed by atoms with Crippen molar-refractivity contribution in [3.8, 4) is 0 Å². The van der Waals surface area contributed by atoms with Crippen molar-refractivity contribution >= 4 is 11.8 Å². The van der Waals surface area contributed by atoms with Gasteiger partial charge in [-0.3, -0.25) is 9.59 Å². The quantitative estimate of drug-likeness (QED) is 0.0617. The molecule has 0 heterocycles. The van der Waals surface area contributed by atoms with Gasteiger partial charge in [-0.25, -0.2) is 0 Å². The molecule has 6 nitrogen and oxygen atoms in total. The average molecular weight is 945 g/mol. The summed E-state index contributed by atoms with van der Waals surface area (Å²) in [5, 5.41) is 9.75. The van der Waals surface area contributed by atoms with Crippen molar-refractivity contribution in [2.75, 3.05) is 52.4 Å². The molecule has 2 atom stereocenters. The number of aliphatic hydroxyl groups is 1. The molecule has 0 spiro atoms. The van der Waals surface area contributed by atoms with Crippen molar-refractivity contribution in [1.29, 1.82) is 0 Å². The van der Waals surface area contributed by atoms with E-state index in [2.05, 4.69) is 42.4 Å². The van der Waals surface area contributed by atoms with Gasteiger partial charge in [0.25, 0.3) is 0 Å². The van der Waals surface area contributed by atoms with Gasteiger partial charge in [0.15, 0.2) is 0 Å². The predicted molar refractivity (Wildman–Crippen MR) is 294 cm³/mol. The molecule has 0 aliphatic heterocycles. The summed E-state index contributed by atoms with van der Waals surface area (Å²) in [7, 11) is 0. The number of unbranched alkanes of at least 4 members (excludes halogenated alkanes) is 36. The van der Waals surface area contributed by atoms with E-state index >= 15 is 0 Å². The minimum atomic E-state index is 0.349. The fourth-order valence-electron chi connectivity index (χ4n) is 10.5. The SMILES string of the molecule is CCCCCCCCCCN(CCCCCCCCCC)C(=O)CCCCCCCN(CCCCCCCC(=O)N(CCCCCCCCCC)CCCCCCCCCC)C[C@H]1C[C@H]1CO. The highest BCUT2D eigenvalue weighted by Gasteiger charge is 2.37. The van der Waals surface area contributed by atoms with Crippen molar-refractivity contribution in [3.05, 3.63) is 0 Å². The van der Waals surface area contributed by atoms with Gasteiger partial charge in [-0.2, -0.15) is 0 Å². The zero-order valence-electron chi connectivity index (χ0n) is 46.2. The molecule has 0 saturated heterocycles. The first-order valence-electron chi connectivity index (χ1n) is 30.9. The molecular formula is C61H121N3O3. The van der Waals surface area contributed by atoms with Crippen LogP contribution in [0.25, 0.3) is 0 Å². The Morgan fingerprint density at radius 3 is 0.821 bits per heavy atom. The molecule has 6 heteroatoms. The minimum absolute atomic E-state index is 0.349. The zero-order chi connectivity index (χ0) is 48.5. The van der Waals surface area contributed by atoms with Gasteiger partial charge in [0.05, 0.1) is 0 Å². The van der Waals surface area contributed by atoms with E-state index in [1.807, 2.05) is 0 Å². The summed E-state index contributed by atoms with van der Waals surface area (Å²) in [6.45, 7) is 16.9. The van der Waals surface area contributed by atoms with Crippen LogP contribution in [0, 0.1) is 11.8 Å². The molecule has 2 amide bonds. The van der Waals surface area contributed by atoms with Crippen LogP contribution >= 0.6 is 0 Å². The van der Waals surface area contributed by atoms with E-state index in [1.165, 1.54) is 276 Å². The normalized spacial score (nSPS) is 14.7. The first-order valence-corrected chi connectivity index (χ1v) is 30.9. The van der Waals surface area contributed by atoms with Crippen molar-refractivity contribution in [2.45, 2.75) is 317 Å². The number of hydrogen-bond donors (Lipinski definition) is 1. The van der Waals surface area contributed by atoms with Crippen LogP contribution in [-0.2, 0) is 9.59 Å². The van der Waals surface area contributed by atoms with Crippen molar-refractivity contribution < 1.29 is 14.7 Å². The number of aliphatic hydroxyl groups excluding tert-OH is 1. The Balaban J connectivity index is 2.39. The lowest BCUT2D eigenvalue weighted by molar-refractivity contribution is -0.132. The summed E-state index contributed by atoms with van der Waals surface area (Å²) in [5.41, 5.74) is 0. The first-order chi connectivity index (χ1) is 33.0. The van der Waals surface area contributed by atoms with Gasteiger partial charge in [0, 0.05) is 52.2 Å². The van der Waals surface area contributed by atoms with Crippen LogP contribution in [0.4, 0.5) is 0 Å². The highest BCUT2D eigenvalue weighted by Crippen LogP contribution is 2.38. The molecule has 0 aromatic heterocycles. The number of carbonyl (C=O) groups excluding carboxylic acids is 2. The molecule has 0 radical (unpaired) electrons. The Labute approximate surface area is 420 Å². The molecule has 1 rings (SSSR count). The lowest BCUT2D eigenvalue weighted by atomic mass is 10.1. The van der Waals surface area contributed by atoms with Gasteiger partial charge in [0.2, 0.25) is 11.8 Å². The standard InChI is InChI=1S/C61H121N3O3/c1-5-9-13-17-21-25-35-43-51-63(52-44-36-26-22-18-14-10-6-2)60(66)47-39-31-29-33-41-49-62(56-58-55-59(58)57-65)50-42-34-30-32-40-48-61(67)64(53-45-37-27-23-19-15-11-7-3)54-46-38-28-24-20-16-12-8-4/h58-59,65H,5-57H2,1-4H3/t58-,59+/m1/s1. The fraction of sp³-hybridized carbons (Fsp3) is 0.967. The minimum Gasteiger partial charge on any atom is -0.396 e. The van der Waals surface area contributed by atoms with E-state index in [9.17, 15) is 14.7 Å². The second kappa shape index (κ2) is 49.8. The average Bonchev–Trinajstić information content (AvgIpc) is 4.10. The van der Waals surface area contributed by atoms with Gasteiger partial charge in [-0.1, -0.05) is 246 Å². The molecule has 1 saturated carbocycles. The van der Waals surface area contributed by atoms with Crippen molar-refractivity contribution in [2.24, 2.45) is 11.8 Å². The third-order valence-corrected chi connectivity index (χ3v) is 15.4. The smallest absolute Gasteiger partial charge is 0.222 e. The molecule has 67 heavy (non-hydrogen) atoms. The Kier molecular flexibility index (Phi) is 47.5. The van der Waals surface area contributed by atoms with Crippen LogP contribution in [-0.4, -0.2) is 84.0 Å². The van der Waals surface area contributed by atoms with E-state index in [1.54, 1.807) is 0 Å². The summed E-state index contributed by atoms with van der Waals surface area (Å²) in [6, 6.07) is 0. The van der Waals surface area contributed by atoms with Crippen molar-refractivity contribution in [3.63, 3.8) is 0 Å². The summed E-state index contributed by atoms with van der Waals surface area (Å²) >= 11 is 0. The molecule has 1 aliphatic rings. The zero-order valence-corrected chi connectivity index (χ0v) is 46.2. The Morgan fingerprint density at radius 1 is 0.328 bits per heavy atom. The van der Waals surface area contributed by atoms with E-state index in [4.69, 9.17) is 0 Å². The van der Waals surface area contributed by atoms with Crippen LogP contribution in [0.1, 0.15) is 317 Å². The lowest BCUT2D eigenvalue weighted by Crippen LogP contribution is -2.32. The third kappa shape index (κ3) is 41.2. The molecule has 0 aromatic carbocycles. The summed E-state index contributed by atoms with van der Waals surface area (Å²) in [4.78, 5) is 34.1. The molecule has 1 aliphatic carbocycles. The Hall–Kier alpha value is -1.14. The Bertz CT molecular complexity index is 929. The number of hydrogen-bond acceptors (Lipinski definition) is 4. The lowest BCUT2D eigenvalue weighted by Gasteiger charge is -2.23. The van der Waals surface area contributed by atoms with Gasteiger partial charge in [-0.15, -0.1) is 0 Å².